The number of rotatable bonds is 1. The van der Waals surface area contributed by atoms with Gasteiger partial charge in [0.15, 0.2) is 0 Å². The summed E-state index contributed by atoms with van der Waals surface area (Å²) in [5, 5.41) is 19.1. The number of aromatic nitrogens is 1. The van der Waals surface area contributed by atoms with E-state index < -0.39 is 5.97 Å². The van der Waals surface area contributed by atoms with Crippen molar-refractivity contribution in [3.8, 4) is 0 Å². The standard InChI is InChI=1S/C6H4ClNO3/c7-5-3-1-2-4(6(9)10)8(5)11/h1-3H,(H,9,10). The van der Waals surface area contributed by atoms with E-state index in [1.165, 1.54) is 18.2 Å². The molecule has 0 radical (unpaired) electrons. The van der Waals surface area contributed by atoms with Gasteiger partial charge in [0, 0.05) is 12.1 Å². The first-order chi connectivity index (χ1) is 5.13. The number of nitrogens with zero attached hydrogens (tertiary/aromatic N) is 1. The third kappa shape index (κ3) is 1.40. The SMILES string of the molecule is O=C(O)c1cccc(Cl)[n+]1[O-]. The predicted octanol–water partition coefficient (Wildman–Crippen LogP) is 0.672. The summed E-state index contributed by atoms with van der Waals surface area (Å²) >= 11 is 5.35. The summed E-state index contributed by atoms with van der Waals surface area (Å²) in [7, 11) is 0. The molecule has 0 saturated carbocycles. The molecule has 1 heterocycles. The summed E-state index contributed by atoms with van der Waals surface area (Å²) in [6, 6.07) is 3.91. The highest BCUT2D eigenvalue weighted by molar-refractivity contribution is 6.28. The minimum atomic E-state index is -1.29. The highest BCUT2D eigenvalue weighted by atomic mass is 35.5. The van der Waals surface area contributed by atoms with E-state index in [2.05, 4.69) is 0 Å². The molecule has 0 fully saturated rings. The lowest BCUT2D eigenvalue weighted by Crippen LogP contribution is -2.35. The first kappa shape index (κ1) is 7.81. The molecule has 0 aliphatic heterocycles. The average molecular weight is 174 g/mol. The largest absolute Gasteiger partial charge is 0.617 e. The summed E-state index contributed by atoms with van der Waals surface area (Å²) in [5.74, 6) is -1.29. The number of aromatic carboxylic acids is 1. The van der Waals surface area contributed by atoms with Gasteiger partial charge in [-0.25, -0.2) is 4.79 Å². The van der Waals surface area contributed by atoms with Crippen LogP contribution in [0.15, 0.2) is 18.2 Å². The number of carboxylic acids is 1. The van der Waals surface area contributed by atoms with Crippen molar-refractivity contribution in [2.24, 2.45) is 0 Å². The predicted molar refractivity (Wildman–Crippen MR) is 37.4 cm³/mol. The lowest BCUT2D eigenvalue weighted by Gasteiger charge is -1.99. The van der Waals surface area contributed by atoms with Crippen LogP contribution in [0.4, 0.5) is 0 Å². The molecule has 0 saturated heterocycles. The molecule has 1 N–H and O–H groups in total. The Morgan fingerprint density at radius 1 is 1.64 bits per heavy atom. The zero-order valence-corrected chi connectivity index (χ0v) is 6.08. The van der Waals surface area contributed by atoms with Gasteiger partial charge >= 0.3 is 11.7 Å². The van der Waals surface area contributed by atoms with Crippen molar-refractivity contribution in [1.29, 1.82) is 0 Å². The molecule has 1 rings (SSSR count). The van der Waals surface area contributed by atoms with Crippen molar-refractivity contribution in [3.63, 3.8) is 0 Å². The Morgan fingerprint density at radius 3 is 2.73 bits per heavy atom. The molecular weight excluding hydrogens is 170 g/mol. The van der Waals surface area contributed by atoms with Crippen LogP contribution in [0.5, 0.6) is 0 Å². The fourth-order valence-electron chi connectivity index (χ4n) is 0.627. The van der Waals surface area contributed by atoms with Crippen molar-refractivity contribution in [2.75, 3.05) is 0 Å². The minimum Gasteiger partial charge on any atom is -0.617 e. The Morgan fingerprint density at radius 2 is 2.27 bits per heavy atom. The molecule has 58 valence electrons. The molecule has 1 aromatic rings. The van der Waals surface area contributed by atoms with Crippen molar-refractivity contribution in [2.45, 2.75) is 0 Å². The molecule has 0 unspecified atom stereocenters. The molecule has 4 nitrogen and oxygen atoms in total. The van der Waals surface area contributed by atoms with E-state index in [1.54, 1.807) is 0 Å². The van der Waals surface area contributed by atoms with Crippen LogP contribution in [-0.4, -0.2) is 11.1 Å². The van der Waals surface area contributed by atoms with E-state index in [0.29, 0.717) is 0 Å². The zero-order valence-electron chi connectivity index (χ0n) is 5.32. The minimum absolute atomic E-state index is 0.148. The van der Waals surface area contributed by atoms with Gasteiger partial charge in [0.05, 0.1) is 0 Å². The highest BCUT2D eigenvalue weighted by Crippen LogP contribution is 2.01. The van der Waals surface area contributed by atoms with Crippen LogP contribution < -0.4 is 4.73 Å². The molecule has 0 aromatic carbocycles. The molecule has 0 atom stereocenters. The summed E-state index contributed by atoms with van der Waals surface area (Å²) in [6.45, 7) is 0. The van der Waals surface area contributed by atoms with Crippen molar-refractivity contribution < 1.29 is 14.6 Å². The van der Waals surface area contributed by atoms with Gasteiger partial charge in [0.2, 0.25) is 0 Å². The van der Waals surface area contributed by atoms with Crippen molar-refractivity contribution in [1.82, 2.24) is 0 Å². The number of carboxylic acid groups (broad SMARTS) is 1. The van der Waals surface area contributed by atoms with Crippen LogP contribution >= 0.6 is 11.6 Å². The summed E-state index contributed by atoms with van der Waals surface area (Å²) in [5.41, 5.74) is -0.377. The Hall–Kier alpha value is -1.29. The van der Waals surface area contributed by atoms with Gasteiger partial charge in [-0.05, 0) is 17.7 Å². The maximum atomic E-state index is 10.8. The average Bonchev–Trinajstić information content (AvgIpc) is 1.94. The normalized spacial score (nSPS) is 9.55. The quantitative estimate of drug-likeness (QED) is 0.386. The van der Waals surface area contributed by atoms with Crippen LogP contribution in [0.2, 0.25) is 5.15 Å². The van der Waals surface area contributed by atoms with E-state index in [4.69, 9.17) is 16.7 Å². The molecule has 0 amide bonds. The third-order valence-electron chi connectivity index (χ3n) is 1.12. The Kier molecular flexibility index (Phi) is 1.96. The second-order valence-corrected chi connectivity index (χ2v) is 2.22. The number of hydrogen-bond acceptors (Lipinski definition) is 2. The number of pyridine rings is 1. The fourth-order valence-corrected chi connectivity index (χ4v) is 0.791. The maximum Gasteiger partial charge on any atom is 0.402 e. The number of hydrogen-bond donors (Lipinski definition) is 1. The molecule has 0 bridgehead atoms. The van der Waals surface area contributed by atoms with Gasteiger partial charge in [0.1, 0.15) is 0 Å². The summed E-state index contributed by atoms with van der Waals surface area (Å²) in [6.07, 6.45) is 0. The maximum absolute atomic E-state index is 10.8. The molecule has 5 heteroatoms. The van der Waals surface area contributed by atoms with Gasteiger partial charge in [-0.3, -0.25) is 0 Å². The fraction of sp³-hybridized carbons (Fsp3) is 0. The molecule has 0 aliphatic rings. The lowest BCUT2D eigenvalue weighted by atomic mass is 10.3. The Balaban J connectivity index is 3.27. The van der Waals surface area contributed by atoms with E-state index >= 15 is 0 Å². The van der Waals surface area contributed by atoms with E-state index in [0.717, 1.165) is 0 Å². The highest BCUT2D eigenvalue weighted by Gasteiger charge is 2.15. The topological polar surface area (TPSA) is 64.2 Å². The second-order valence-electron chi connectivity index (χ2n) is 1.83. The number of halogens is 1. The Labute approximate surface area is 67.2 Å². The van der Waals surface area contributed by atoms with Gasteiger partial charge in [-0.1, -0.05) is 0 Å². The van der Waals surface area contributed by atoms with Gasteiger partial charge in [-0.15, -0.1) is 4.73 Å². The Bertz CT molecular complexity index is 300. The summed E-state index contributed by atoms with van der Waals surface area (Å²) in [4.78, 5) is 10.3. The number of carbonyl (C=O) groups is 1. The van der Waals surface area contributed by atoms with Gasteiger partial charge < -0.3 is 10.3 Å². The molecule has 0 spiro atoms. The first-order valence-electron chi connectivity index (χ1n) is 2.74. The van der Waals surface area contributed by atoms with E-state index in [-0.39, 0.29) is 15.6 Å². The smallest absolute Gasteiger partial charge is 0.402 e. The van der Waals surface area contributed by atoms with Gasteiger partial charge in [-0.2, -0.15) is 0 Å². The molecule has 1 aromatic heterocycles. The van der Waals surface area contributed by atoms with E-state index in [1.807, 2.05) is 0 Å². The third-order valence-corrected chi connectivity index (χ3v) is 1.40. The zero-order chi connectivity index (χ0) is 8.43. The van der Waals surface area contributed by atoms with Crippen LogP contribution in [-0.2, 0) is 0 Å². The second kappa shape index (κ2) is 2.75. The van der Waals surface area contributed by atoms with Crippen LogP contribution in [0.25, 0.3) is 0 Å². The lowest BCUT2D eigenvalue weighted by molar-refractivity contribution is -0.606. The summed E-state index contributed by atoms with van der Waals surface area (Å²) < 4.78 is 0.157. The molecular formula is C6H4ClNO3. The first-order valence-corrected chi connectivity index (χ1v) is 3.12. The molecule has 0 aliphatic carbocycles. The van der Waals surface area contributed by atoms with Crippen LogP contribution in [0.3, 0.4) is 0 Å². The van der Waals surface area contributed by atoms with Crippen LogP contribution in [0, 0.1) is 5.21 Å². The van der Waals surface area contributed by atoms with Crippen molar-refractivity contribution >= 4 is 17.6 Å². The van der Waals surface area contributed by atoms with Gasteiger partial charge in [0.25, 0.3) is 5.15 Å². The monoisotopic (exact) mass is 173 g/mol. The van der Waals surface area contributed by atoms with Crippen molar-refractivity contribution in [3.05, 3.63) is 34.3 Å². The van der Waals surface area contributed by atoms with Crippen LogP contribution in [0.1, 0.15) is 10.5 Å². The van der Waals surface area contributed by atoms with E-state index in [9.17, 15) is 10.0 Å². The molecule has 11 heavy (non-hydrogen) atoms.